The third-order valence-corrected chi connectivity index (χ3v) is 5.25. The predicted octanol–water partition coefficient (Wildman–Crippen LogP) is 1.18. The molecule has 12 heteroatoms. The molecule has 1 atom stereocenters. The summed E-state index contributed by atoms with van der Waals surface area (Å²) >= 11 is 0. The highest BCUT2D eigenvalue weighted by molar-refractivity contribution is 6.05. The van der Waals surface area contributed by atoms with Crippen LogP contribution in [0.1, 0.15) is 23.5 Å². The van der Waals surface area contributed by atoms with E-state index in [-0.39, 0.29) is 29.7 Å². The predicted molar refractivity (Wildman–Crippen MR) is 112 cm³/mol. The van der Waals surface area contributed by atoms with Gasteiger partial charge in [-0.2, -0.15) is 9.97 Å². The number of nitrogens with zero attached hydrogens (tertiary/aromatic N) is 4. The maximum atomic E-state index is 13.0. The minimum Gasteiger partial charge on any atom is -0.383 e. The van der Waals surface area contributed by atoms with Crippen molar-refractivity contribution in [2.45, 2.75) is 19.3 Å². The van der Waals surface area contributed by atoms with Gasteiger partial charge in [-0.1, -0.05) is 0 Å². The molecule has 4 rings (SSSR count). The van der Waals surface area contributed by atoms with Crippen LogP contribution in [0.15, 0.2) is 18.2 Å². The molecule has 12 nitrogen and oxygen atoms in total. The zero-order chi connectivity index (χ0) is 22.1. The number of carbonyl (C=O) groups excluding carboxylic acids is 2. The highest BCUT2D eigenvalue weighted by Crippen LogP contribution is 2.37. The van der Waals surface area contributed by atoms with E-state index in [9.17, 15) is 19.7 Å². The number of benzene rings is 1. The summed E-state index contributed by atoms with van der Waals surface area (Å²) in [6.07, 6.45) is -0.116. The number of nitro benzene ring substituents is 1. The number of non-ortho nitro benzene ring substituents is 1. The Bertz CT molecular complexity index is 1070. The van der Waals surface area contributed by atoms with Gasteiger partial charge >= 0.3 is 0 Å². The number of hydrogen-bond acceptors (Lipinski definition) is 9. The number of nitrogens with one attached hydrogen (secondary N) is 2. The SMILES string of the molecule is Cc1cc([N+](=O)[O-])ccc1NC(=O)[C@H]1CC(=O)Nc2nc(N3CCOCC3)nc(N)c21. The molecule has 0 aliphatic carbocycles. The summed E-state index contributed by atoms with van der Waals surface area (Å²) in [5.41, 5.74) is 7.39. The molecule has 3 heterocycles. The van der Waals surface area contributed by atoms with Crippen LogP contribution in [0, 0.1) is 17.0 Å². The molecule has 31 heavy (non-hydrogen) atoms. The van der Waals surface area contributed by atoms with Crippen LogP contribution in [-0.4, -0.2) is 53.0 Å². The molecule has 0 unspecified atom stereocenters. The Labute approximate surface area is 176 Å². The molecule has 4 N–H and O–H groups in total. The van der Waals surface area contributed by atoms with Crippen LogP contribution in [0.25, 0.3) is 0 Å². The average molecular weight is 427 g/mol. The van der Waals surface area contributed by atoms with E-state index in [0.717, 1.165) is 0 Å². The lowest BCUT2D eigenvalue weighted by atomic mass is 9.91. The summed E-state index contributed by atoms with van der Waals surface area (Å²) in [6, 6.07) is 4.12. The van der Waals surface area contributed by atoms with E-state index < -0.39 is 16.7 Å². The van der Waals surface area contributed by atoms with Gasteiger partial charge in [-0.05, 0) is 18.6 Å². The maximum absolute atomic E-state index is 13.0. The molecule has 2 aromatic rings. The van der Waals surface area contributed by atoms with Crippen molar-refractivity contribution in [1.29, 1.82) is 0 Å². The highest BCUT2D eigenvalue weighted by Gasteiger charge is 2.35. The quantitative estimate of drug-likeness (QED) is 0.479. The lowest BCUT2D eigenvalue weighted by molar-refractivity contribution is -0.384. The summed E-state index contributed by atoms with van der Waals surface area (Å²) < 4.78 is 5.33. The Hall–Kier alpha value is -3.80. The molecular formula is C19H21N7O5. The molecule has 0 bridgehead atoms. The van der Waals surface area contributed by atoms with Crippen LogP contribution < -0.4 is 21.3 Å². The van der Waals surface area contributed by atoms with Gasteiger partial charge in [0.2, 0.25) is 17.8 Å². The minimum absolute atomic E-state index is 0.0776. The van der Waals surface area contributed by atoms with E-state index in [1.807, 2.05) is 4.90 Å². The van der Waals surface area contributed by atoms with E-state index in [0.29, 0.717) is 49.1 Å². The topological polar surface area (TPSA) is 166 Å². The number of fused-ring (bicyclic) bond motifs is 1. The van der Waals surface area contributed by atoms with E-state index in [4.69, 9.17) is 10.5 Å². The fourth-order valence-corrected chi connectivity index (χ4v) is 3.63. The van der Waals surface area contributed by atoms with Gasteiger partial charge in [-0.25, -0.2) is 0 Å². The number of aryl methyl sites for hydroxylation is 1. The van der Waals surface area contributed by atoms with Crippen LogP contribution in [-0.2, 0) is 14.3 Å². The van der Waals surface area contributed by atoms with Crippen molar-refractivity contribution >= 4 is 40.8 Å². The Morgan fingerprint density at radius 2 is 2.10 bits per heavy atom. The van der Waals surface area contributed by atoms with Crippen molar-refractivity contribution in [3.63, 3.8) is 0 Å². The van der Waals surface area contributed by atoms with Gasteiger partial charge in [0.05, 0.1) is 29.6 Å². The third-order valence-electron chi connectivity index (χ3n) is 5.25. The molecule has 1 aromatic heterocycles. The van der Waals surface area contributed by atoms with Crippen LogP contribution in [0.2, 0.25) is 0 Å². The number of rotatable bonds is 4. The number of carbonyl (C=O) groups is 2. The smallest absolute Gasteiger partial charge is 0.269 e. The molecule has 0 radical (unpaired) electrons. The van der Waals surface area contributed by atoms with E-state index in [2.05, 4.69) is 20.6 Å². The standard InChI is InChI=1S/C19H21N7O5/c1-10-8-11(26(29)30)2-3-13(10)21-18(28)12-9-14(27)22-17-15(12)16(20)23-19(24-17)25-4-6-31-7-5-25/h2-3,8,12H,4-7,9H2,1H3,(H,21,28)(H3,20,22,23,24,27)/t12-/m0/s1. The fourth-order valence-electron chi connectivity index (χ4n) is 3.63. The van der Waals surface area contributed by atoms with Crippen molar-refractivity contribution in [3.8, 4) is 0 Å². The first kappa shape index (κ1) is 20.5. The largest absolute Gasteiger partial charge is 0.383 e. The van der Waals surface area contributed by atoms with Gasteiger partial charge in [-0.3, -0.25) is 19.7 Å². The van der Waals surface area contributed by atoms with Crippen LogP contribution in [0.4, 0.5) is 29.0 Å². The van der Waals surface area contributed by atoms with E-state index in [1.54, 1.807) is 6.92 Å². The first-order valence-corrected chi connectivity index (χ1v) is 9.69. The van der Waals surface area contributed by atoms with Gasteiger partial charge in [0, 0.05) is 37.3 Å². The lowest BCUT2D eigenvalue weighted by Crippen LogP contribution is -2.38. The molecular weight excluding hydrogens is 406 g/mol. The van der Waals surface area contributed by atoms with Crippen molar-refractivity contribution < 1.29 is 19.2 Å². The number of aromatic nitrogens is 2. The normalized spacial score (nSPS) is 18.2. The monoisotopic (exact) mass is 427 g/mol. The molecule has 1 saturated heterocycles. The number of anilines is 4. The summed E-state index contributed by atoms with van der Waals surface area (Å²) in [6.45, 7) is 3.90. The van der Waals surface area contributed by atoms with Crippen molar-refractivity contribution in [2.75, 3.05) is 47.6 Å². The summed E-state index contributed by atoms with van der Waals surface area (Å²) in [5.74, 6) is -1.02. The van der Waals surface area contributed by atoms with Gasteiger partial charge in [0.25, 0.3) is 5.69 Å². The van der Waals surface area contributed by atoms with Crippen molar-refractivity contribution in [2.24, 2.45) is 0 Å². The number of amides is 2. The number of nitrogens with two attached hydrogens (primary N) is 1. The van der Waals surface area contributed by atoms with Gasteiger partial charge in [-0.15, -0.1) is 0 Å². The average Bonchev–Trinajstić information content (AvgIpc) is 2.74. The molecule has 162 valence electrons. The van der Waals surface area contributed by atoms with Gasteiger partial charge in [0.1, 0.15) is 11.6 Å². The number of nitro groups is 1. The molecule has 0 saturated carbocycles. The Kier molecular flexibility index (Phi) is 5.38. The molecule has 2 amide bonds. The van der Waals surface area contributed by atoms with Crippen LogP contribution in [0.3, 0.4) is 0 Å². The van der Waals surface area contributed by atoms with Gasteiger partial charge < -0.3 is 26.0 Å². The fraction of sp³-hybridized carbons (Fsp3) is 0.368. The molecule has 0 spiro atoms. The van der Waals surface area contributed by atoms with Gasteiger partial charge in [0.15, 0.2) is 0 Å². The molecule has 1 aromatic carbocycles. The number of hydrogen-bond donors (Lipinski definition) is 3. The molecule has 2 aliphatic rings. The first-order chi connectivity index (χ1) is 14.8. The summed E-state index contributed by atoms with van der Waals surface area (Å²) in [4.78, 5) is 46.4. The number of ether oxygens (including phenoxy) is 1. The number of morpholine rings is 1. The Balaban J connectivity index is 1.62. The number of nitrogen functional groups attached to an aromatic ring is 1. The lowest BCUT2D eigenvalue weighted by Gasteiger charge is -2.30. The second-order valence-corrected chi connectivity index (χ2v) is 7.32. The van der Waals surface area contributed by atoms with E-state index in [1.165, 1.54) is 18.2 Å². The second-order valence-electron chi connectivity index (χ2n) is 7.32. The molecule has 1 fully saturated rings. The zero-order valence-corrected chi connectivity index (χ0v) is 16.8. The van der Waals surface area contributed by atoms with Crippen molar-refractivity contribution in [1.82, 2.24) is 9.97 Å². The molecule has 2 aliphatic heterocycles. The van der Waals surface area contributed by atoms with Crippen molar-refractivity contribution in [3.05, 3.63) is 39.4 Å². The zero-order valence-electron chi connectivity index (χ0n) is 16.8. The van der Waals surface area contributed by atoms with E-state index >= 15 is 0 Å². The summed E-state index contributed by atoms with van der Waals surface area (Å²) in [5, 5.41) is 16.3. The summed E-state index contributed by atoms with van der Waals surface area (Å²) in [7, 11) is 0. The van der Waals surface area contributed by atoms with Crippen LogP contribution >= 0.6 is 0 Å². The Morgan fingerprint density at radius 3 is 2.77 bits per heavy atom. The van der Waals surface area contributed by atoms with Crippen LogP contribution in [0.5, 0.6) is 0 Å². The second kappa shape index (κ2) is 8.14. The third kappa shape index (κ3) is 4.10. The minimum atomic E-state index is -0.892. The first-order valence-electron chi connectivity index (χ1n) is 9.69. The highest BCUT2D eigenvalue weighted by atomic mass is 16.6. The Morgan fingerprint density at radius 1 is 1.35 bits per heavy atom. The maximum Gasteiger partial charge on any atom is 0.269 e.